The maximum atomic E-state index is 11.9. The van der Waals surface area contributed by atoms with Gasteiger partial charge in [-0.2, -0.15) is 0 Å². The quantitative estimate of drug-likeness (QED) is 0.591. The molecule has 0 saturated heterocycles. The molecule has 0 aliphatic carbocycles. The van der Waals surface area contributed by atoms with Crippen molar-refractivity contribution in [1.29, 1.82) is 0 Å². The van der Waals surface area contributed by atoms with Crippen molar-refractivity contribution >= 4 is 27.8 Å². The van der Waals surface area contributed by atoms with Crippen molar-refractivity contribution in [1.82, 2.24) is 5.32 Å². The van der Waals surface area contributed by atoms with Crippen LogP contribution in [0.1, 0.15) is 48.9 Å². The Kier molecular flexibility index (Phi) is 7.82. The molecule has 116 valence electrons. The molecule has 0 aromatic heterocycles. The van der Waals surface area contributed by atoms with Crippen molar-refractivity contribution in [3.63, 3.8) is 0 Å². The average Bonchev–Trinajstić information content (AvgIpc) is 2.43. The Balaban J connectivity index is 2.16. The predicted octanol–water partition coefficient (Wildman–Crippen LogP) is 3.31. The summed E-state index contributed by atoms with van der Waals surface area (Å²) in [6.07, 6.45) is 4.57. The number of carboxylic acids is 1. The van der Waals surface area contributed by atoms with Crippen LogP contribution in [0.15, 0.2) is 22.7 Å². The Morgan fingerprint density at radius 1 is 1.10 bits per heavy atom. The van der Waals surface area contributed by atoms with Gasteiger partial charge in [0.25, 0.3) is 5.91 Å². The van der Waals surface area contributed by atoms with E-state index in [1.165, 1.54) is 6.07 Å². The van der Waals surface area contributed by atoms with E-state index in [2.05, 4.69) is 21.2 Å². The van der Waals surface area contributed by atoms with Gasteiger partial charge in [0.1, 0.15) is 5.75 Å². The van der Waals surface area contributed by atoms with Crippen LogP contribution in [0.4, 0.5) is 0 Å². The van der Waals surface area contributed by atoms with Gasteiger partial charge in [-0.1, -0.05) is 35.2 Å². The van der Waals surface area contributed by atoms with E-state index in [4.69, 9.17) is 5.11 Å². The highest BCUT2D eigenvalue weighted by Crippen LogP contribution is 2.21. The molecule has 0 aliphatic heterocycles. The topological polar surface area (TPSA) is 86.6 Å². The molecule has 0 fully saturated rings. The molecule has 0 radical (unpaired) electrons. The second kappa shape index (κ2) is 9.39. The van der Waals surface area contributed by atoms with Gasteiger partial charge in [0.05, 0.1) is 5.56 Å². The molecule has 0 spiro atoms. The number of aromatic hydroxyl groups is 1. The van der Waals surface area contributed by atoms with E-state index in [-0.39, 0.29) is 23.6 Å². The largest absolute Gasteiger partial charge is 0.507 e. The van der Waals surface area contributed by atoms with Crippen LogP contribution in [0, 0.1) is 0 Å². The molecule has 0 atom stereocenters. The minimum atomic E-state index is -0.754. The molecule has 5 nitrogen and oxygen atoms in total. The first-order valence-corrected chi connectivity index (χ1v) is 7.78. The normalized spacial score (nSPS) is 10.3. The van der Waals surface area contributed by atoms with Crippen molar-refractivity contribution in [3.05, 3.63) is 28.2 Å². The maximum absolute atomic E-state index is 11.9. The van der Waals surface area contributed by atoms with E-state index >= 15 is 0 Å². The Morgan fingerprint density at radius 2 is 1.76 bits per heavy atom. The molecule has 0 bridgehead atoms. The lowest BCUT2D eigenvalue weighted by atomic mass is 10.1. The minimum Gasteiger partial charge on any atom is -0.507 e. The number of halogens is 1. The second-order valence-electron chi connectivity index (χ2n) is 4.83. The number of hydrogen-bond donors (Lipinski definition) is 3. The van der Waals surface area contributed by atoms with Crippen molar-refractivity contribution in [2.75, 3.05) is 6.54 Å². The van der Waals surface area contributed by atoms with Crippen LogP contribution in [0.5, 0.6) is 5.75 Å². The Labute approximate surface area is 132 Å². The van der Waals surface area contributed by atoms with Crippen molar-refractivity contribution in [2.45, 2.75) is 38.5 Å². The first-order valence-electron chi connectivity index (χ1n) is 6.99. The lowest BCUT2D eigenvalue weighted by Crippen LogP contribution is -2.24. The number of carbonyl (C=O) groups excluding carboxylic acids is 1. The molecule has 1 aromatic carbocycles. The summed E-state index contributed by atoms with van der Waals surface area (Å²) in [5.41, 5.74) is 0.255. The lowest BCUT2D eigenvalue weighted by molar-refractivity contribution is -0.137. The SMILES string of the molecule is O=C(O)CCCCCCCNC(=O)c1cc(Br)ccc1O. The minimum absolute atomic E-state index is 0.0376. The molecule has 0 saturated carbocycles. The van der Waals surface area contributed by atoms with Gasteiger partial charge in [0.2, 0.25) is 0 Å². The molecule has 1 rings (SSSR count). The standard InChI is InChI=1S/C15H20BrNO4/c16-11-7-8-13(18)12(10-11)15(21)17-9-5-3-1-2-4-6-14(19)20/h7-8,10,18H,1-6,9H2,(H,17,21)(H,19,20). The van der Waals surface area contributed by atoms with E-state index in [9.17, 15) is 14.7 Å². The average molecular weight is 358 g/mol. The van der Waals surface area contributed by atoms with Crippen LogP contribution in [0.2, 0.25) is 0 Å². The molecule has 0 aliphatic rings. The summed E-state index contributed by atoms with van der Waals surface area (Å²) >= 11 is 3.26. The fraction of sp³-hybridized carbons (Fsp3) is 0.467. The number of nitrogens with one attached hydrogen (secondary N) is 1. The van der Waals surface area contributed by atoms with Crippen LogP contribution in [-0.2, 0) is 4.79 Å². The smallest absolute Gasteiger partial charge is 0.303 e. The number of rotatable bonds is 9. The number of phenolic OH excluding ortho intramolecular Hbond substituents is 1. The van der Waals surface area contributed by atoms with Crippen LogP contribution in [0.3, 0.4) is 0 Å². The highest BCUT2D eigenvalue weighted by atomic mass is 79.9. The van der Waals surface area contributed by atoms with Gasteiger partial charge in [-0.25, -0.2) is 0 Å². The number of unbranched alkanes of at least 4 members (excludes halogenated alkanes) is 4. The summed E-state index contributed by atoms with van der Waals surface area (Å²) in [4.78, 5) is 22.2. The molecule has 0 heterocycles. The number of amides is 1. The molecular formula is C15H20BrNO4. The van der Waals surface area contributed by atoms with Gasteiger partial charge >= 0.3 is 5.97 Å². The van der Waals surface area contributed by atoms with Crippen molar-refractivity contribution < 1.29 is 19.8 Å². The van der Waals surface area contributed by atoms with E-state index < -0.39 is 5.97 Å². The van der Waals surface area contributed by atoms with Crippen LogP contribution in [0.25, 0.3) is 0 Å². The highest BCUT2D eigenvalue weighted by molar-refractivity contribution is 9.10. The lowest BCUT2D eigenvalue weighted by Gasteiger charge is -2.07. The molecule has 6 heteroatoms. The summed E-state index contributed by atoms with van der Waals surface area (Å²) in [5.74, 6) is -1.08. The molecular weight excluding hydrogens is 338 g/mol. The summed E-state index contributed by atoms with van der Waals surface area (Å²) in [7, 11) is 0. The zero-order chi connectivity index (χ0) is 15.7. The van der Waals surface area contributed by atoms with E-state index in [0.717, 1.165) is 30.2 Å². The van der Waals surface area contributed by atoms with Crippen molar-refractivity contribution in [3.8, 4) is 5.75 Å². The van der Waals surface area contributed by atoms with Crippen LogP contribution >= 0.6 is 15.9 Å². The zero-order valence-electron chi connectivity index (χ0n) is 11.8. The van der Waals surface area contributed by atoms with Gasteiger partial charge in [0.15, 0.2) is 0 Å². The molecule has 0 unspecified atom stereocenters. The van der Waals surface area contributed by atoms with E-state index in [0.29, 0.717) is 13.0 Å². The third-order valence-corrected chi connectivity index (χ3v) is 3.55. The summed E-state index contributed by atoms with van der Waals surface area (Å²) < 4.78 is 0.740. The van der Waals surface area contributed by atoms with E-state index in [1.54, 1.807) is 12.1 Å². The van der Waals surface area contributed by atoms with Crippen molar-refractivity contribution in [2.24, 2.45) is 0 Å². The molecule has 1 amide bonds. The first-order chi connectivity index (χ1) is 10.0. The number of hydrogen-bond acceptors (Lipinski definition) is 3. The zero-order valence-corrected chi connectivity index (χ0v) is 13.4. The third kappa shape index (κ3) is 7.13. The fourth-order valence-electron chi connectivity index (χ4n) is 1.92. The predicted molar refractivity (Wildman–Crippen MR) is 83.5 cm³/mol. The Morgan fingerprint density at radius 3 is 2.48 bits per heavy atom. The number of carbonyl (C=O) groups is 2. The van der Waals surface area contributed by atoms with Gasteiger partial charge in [-0.05, 0) is 31.0 Å². The van der Waals surface area contributed by atoms with Gasteiger partial charge in [-0.3, -0.25) is 9.59 Å². The summed E-state index contributed by atoms with van der Waals surface area (Å²) in [6.45, 7) is 0.545. The summed E-state index contributed by atoms with van der Waals surface area (Å²) in [6, 6.07) is 4.72. The van der Waals surface area contributed by atoms with Gasteiger partial charge < -0.3 is 15.5 Å². The molecule has 3 N–H and O–H groups in total. The molecule has 21 heavy (non-hydrogen) atoms. The Hall–Kier alpha value is -1.56. The van der Waals surface area contributed by atoms with Gasteiger partial charge in [0, 0.05) is 17.4 Å². The Bertz CT molecular complexity index is 491. The number of carboxylic acid groups (broad SMARTS) is 1. The fourth-order valence-corrected chi connectivity index (χ4v) is 2.28. The van der Waals surface area contributed by atoms with Gasteiger partial charge in [-0.15, -0.1) is 0 Å². The van der Waals surface area contributed by atoms with E-state index in [1.807, 2.05) is 0 Å². The number of aliphatic carboxylic acids is 1. The third-order valence-electron chi connectivity index (χ3n) is 3.06. The maximum Gasteiger partial charge on any atom is 0.303 e. The highest BCUT2D eigenvalue weighted by Gasteiger charge is 2.10. The molecule has 1 aromatic rings. The van der Waals surface area contributed by atoms with Crippen LogP contribution < -0.4 is 5.32 Å². The monoisotopic (exact) mass is 357 g/mol. The number of phenols is 1. The first kappa shape index (κ1) is 17.5. The van der Waals surface area contributed by atoms with Crippen LogP contribution in [-0.4, -0.2) is 28.6 Å². The number of benzene rings is 1. The second-order valence-corrected chi connectivity index (χ2v) is 5.74. The summed E-state index contributed by atoms with van der Waals surface area (Å²) in [5, 5.41) is 20.9.